The van der Waals surface area contributed by atoms with Crippen molar-refractivity contribution in [2.75, 3.05) is 18.5 Å². The number of aryl methyl sites for hydroxylation is 1. The monoisotopic (exact) mass is 314 g/mol. The number of aliphatic hydroxyl groups is 1. The SMILES string of the molecule is Cn1nnc(-c2cccc(NC3=CC(=O)N(CCO)C3=O)c2)n1. The third-order valence-electron chi connectivity index (χ3n) is 3.24. The molecule has 2 amide bonds. The largest absolute Gasteiger partial charge is 0.395 e. The van der Waals surface area contributed by atoms with Gasteiger partial charge in [-0.15, -0.1) is 10.2 Å². The highest BCUT2D eigenvalue weighted by Gasteiger charge is 2.30. The van der Waals surface area contributed by atoms with E-state index >= 15 is 0 Å². The summed E-state index contributed by atoms with van der Waals surface area (Å²) in [7, 11) is 1.67. The minimum Gasteiger partial charge on any atom is -0.395 e. The van der Waals surface area contributed by atoms with E-state index < -0.39 is 11.8 Å². The molecule has 1 aliphatic heterocycles. The lowest BCUT2D eigenvalue weighted by atomic mass is 10.2. The number of carbonyl (C=O) groups is 2. The molecule has 1 aliphatic rings. The first-order valence-corrected chi connectivity index (χ1v) is 6.88. The molecular formula is C14H14N6O3. The van der Waals surface area contributed by atoms with E-state index in [0.29, 0.717) is 11.5 Å². The van der Waals surface area contributed by atoms with Gasteiger partial charge in [0.15, 0.2) is 0 Å². The number of anilines is 1. The average Bonchev–Trinajstić information content (AvgIpc) is 3.07. The van der Waals surface area contributed by atoms with Crippen molar-refractivity contribution in [3.63, 3.8) is 0 Å². The number of β-amino-alcohol motifs (C(OH)–C–C–N with tert-alkyl or cyclic N) is 1. The highest BCUT2D eigenvalue weighted by molar-refractivity contribution is 6.17. The number of nitrogens with zero attached hydrogens (tertiary/aromatic N) is 5. The van der Waals surface area contributed by atoms with Crippen LogP contribution in [0.5, 0.6) is 0 Å². The van der Waals surface area contributed by atoms with Gasteiger partial charge in [0.05, 0.1) is 20.2 Å². The Kier molecular flexibility index (Phi) is 3.85. The Labute approximate surface area is 131 Å². The second-order valence-electron chi connectivity index (χ2n) is 4.88. The van der Waals surface area contributed by atoms with Crippen LogP contribution < -0.4 is 5.32 Å². The average molecular weight is 314 g/mol. The number of rotatable bonds is 5. The van der Waals surface area contributed by atoms with Gasteiger partial charge in [-0.25, -0.2) is 0 Å². The van der Waals surface area contributed by atoms with Gasteiger partial charge in [-0.1, -0.05) is 12.1 Å². The summed E-state index contributed by atoms with van der Waals surface area (Å²) in [5.74, 6) is -0.453. The summed E-state index contributed by atoms with van der Waals surface area (Å²) in [6.45, 7) is -0.296. The van der Waals surface area contributed by atoms with Gasteiger partial charge in [-0.2, -0.15) is 4.80 Å². The van der Waals surface area contributed by atoms with Crippen LogP contribution in [0.15, 0.2) is 36.0 Å². The van der Waals surface area contributed by atoms with E-state index in [-0.39, 0.29) is 18.8 Å². The summed E-state index contributed by atoms with van der Waals surface area (Å²) in [5, 5.41) is 23.6. The zero-order valence-electron chi connectivity index (χ0n) is 12.3. The summed E-state index contributed by atoms with van der Waals surface area (Å²) >= 11 is 0. The van der Waals surface area contributed by atoms with E-state index in [9.17, 15) is 9.59 Å². The highest BCUT2D eigenvalue weighted by atomic mass is 16.3. The molecule has 9 heteroatoms. The molecule has 2 aromatic rings. The van der Waals surface area contributed by atoms with Gasteiger partial charge in [0.1, 0.15) is 5.70 Å². The number of hydrogen-bond acceptors (Lipinski definition) is 7. The van der Waals surface area contributed by atoms with Gasteiger partial charge >= 0.3 is 0 Å². The van der Waals surface area contributed by atoms with Crippen molar-refractivity contribution in [3.8, 4) is 11.4 Å². The molecule has 0 bridgehead atoms. The molecule has 1 aromatic carbocycles. The topological polar surface area (TPSA) is 113 Å². The summed E-state index contributed by atoms with van der Waals surface area (Å²) in [4.78, 5) is 26.1. The first-order valence-electron chi connectivity index (χ1n) is 6.88. The van der Waals surface area contributed by atoms with Gasteiger partial charge in [-0.05, 0) is 17.3 Å². The van der Waals surface area contributed by atoms with Crippen molar-refractivity contribution in [2.24, 2.45) is 7.05 Å². The number of nitrogens with one attached hydrogen (secondary N) is 1. The summed E-state index contributed by atoms with van der Waals surface area (Å²) in [5.41, 5.74) is 1.51. The predicted octanol–water partition coefficient (Wildman–Crippen LogP) is -0.466. The van der Waals surface area contributed by atoms with Gasteiger partial charge in [0.2, 0.25) is 5.82 Å². The molecule has 0 spiro atoms. The summed E-state index contributed by atoms with van der Waals surface area (Å²) in [6.07, 6.45) is 1.21. The van der Waals surface area contributed by atoms with Crippen molar-refractivity contribution in [2.45, 2.75) is 0 Å². The Morgan fingerprint density at radius 2 is 2.13 bits per heavy atom. The lowest BCUT2D eigenvalue weighted by Gasteiger charge is -2.13. The van der Waals surface area contributed by atoms with Crippen molar-refractivity contribution >= 4 is 17.5 Å². The van der Waals surface area contributed by atoms with Crippen molar-refractivity contribution in [3.05, 3.63) is 36.0 Å². The number of aromatic nitrogens is 4. The fourth-order valence-electron chi connectivity index (χ4n) is 2.20. The first kappa shape index (κ1) is 14.9. The number of benzene rings is 1. The van der Waals surface area contributed by atoms with Gasteiger partial charge in [-0.3, -0.25) is 14.5 Å². The smallest absolute Gasteiger partial charge is 0.277 e. The van der Waals surface area contributed by atoms with E-state index in [2.05, 4.69) is 20.7 Å². The minimum absolute atomic E-state index is 0.0249. The maximum atomic E-state index is 12.1. The quantitative estimate of drug-likeness (QED) is 0.717. The van der Waals surface area contributed by atoms with Crippen LogP contribution in [0.4, 0.5) is 5.69 Å². The zero-order valence-corrected chi connectivity index (χ0v) is 12.3. The Morgan fingerprint density at radius 1 is 1.30 bits per heavy atom. The van der Waals surface area contributed by atoms with Crippen LogP contribution in [0.1, 0.15) is 0 Å². The molecule has 0 fully saturated rings. The van der Waals surface area contributed by atoms with Crippen LogP contribution >= 0.6 is 0 Å². The predicted molar refractivity (Wildman–Crippen MR) is 79.7 cm³/mol. The number of amides is 2. The van der Waals surface area contributed by atoms with E-state index in [4.69, 9.17) is 5.11 Å². The van der Waals surface area contributed by atoms with E-state index in [0.717, 1.165) is 10.5 Å². The molecule has 23 heavy (non-hydrogen) atoms. The minimum atomic E-state index is -0.466. The Morgan fingerprint density at radius 3 is 2.83 bits per heavy atom. The van der Waals surface area contributed by atoms with Crippen LogP contribution in [-0.2, 0) is 16.6 Å². The fourth-order valence-corrected chi connectivity index (χ4v) is 2.20. The first-order chi connectivity index (χ1) is 11.1. The van der Waals surface area contributed by atoms with Gasteiger partial charge < -0.3 is 10.4 Å². The third-order valence-corrected chi connectivity index (χ3v) is 3.24. The van der Waals surface area contributed by atoms with Crippen LogP contribution in [0.2, 0.25) is 0 Å². The summed E-state index contributed by atoms with van der Waals surface area (Å²) in [6, 6.07) is 7.11. The van der Waals surface area contributed by atoms with E-state index in [1.165, 1.54) is 10.9 Å². The van der Waals surface area contributed by atoms with Crippen LogP contribution in [0.3, 0.4) is 0 Å². The van der Waals surface area contributed by atoms with Crippen LogP contribution in [-0.4, -0.2) is 55.2 Å². The third kappa shape index (κ3) is 2.94. The number of hydrogen-bond donors (Lipinski definition) is 2. The second-order valence-corrected chi connectivity index (χ2v) is 4.88. The molecular weight excluding hydrogens is 300 g/mol. The fraction of sp³-hybridized carbons (Fsp3) is 0.214. The van der Waals surface area contributed by atoms with Gasteiger partial charge in [0.25, 0.3) is 11.8 Å². The second kappa shape index (κ2) is 5.97. The molecule has 1 aromatic heterocycles. The number of carbonyl (C=O) groups excluding carboxylic acids is 2. The Balaban J connectivity index is 1.80. The van der Waals surface area contributed by atoms with E-state index in [1.807, 2.05) is 6.07 Å². The molecule has 9 nitrogen and oxygen atoms in total. The molecule has 0 aliphatic carbocycles. The molecule has 3 rings (SSSR count). The molecule has 0 saturated carbocycles. The van der Waals surface area contributed by atoms with Crippen molar-refractivity contribution < 1.29 is 14.7 Å². The number of aliphatic hydroxyl groups excluding tert-OH is 1. The standard InChI is InChI=1S/C14H14N6O3/c1-19-17-13(16-18-19)9-3-2-4-10(7-9)15-11-8-12(22)20(5-6-21)14(11)23/h2-4,7-8,15,21H,5-6H2,1H3. The number of tetrazole rings is 1. The highest BCUT2D eigenvalue weighted by Crippen LogP contribution is 2.21. The molecule has 0 saturated heterocycles. The molecule has 2 heterocycles. The summed E-state index contributed by atoms with van der Waals surface area (Å²) < 4.78 is 0. The van der Waals surface area contributed by atoms with Gasteiger partial charge in [0, 0.05) is 17.3 Å². The maximum absolute atomic E-state index is 12.1. The molecule has 0 unspecified atom stereocenters. The molecule has 118 valence electrons. The maximum Gasteiger partial charge on any atom is 0.277 e. The van der Waals surface area contributed by atoms with Crippen LogP contribution in [0.25, 0.3) is 11.4 Å². The normalized spacial score (nSPS) is 14.3. The number of imide groups is 1. The molecule has 2 N–H and O–H groups in total. The lowest BCUT2D eigenvalue weighted by molar-refractivity contribution is -0.137. The Hall–Kier alpha value is -3.07. The van der Waals surface area contributed by atoms with Crippen molar-refractivity contribution in [1.82, 2.24) is 25.1 Å². The van der Waals surface area contributed by atoms with Crippen molar-refractivity contribution in [1.29, 1.82) is 0 Å². The molecule has 0 radical (unpaired) electrons. The van der Waals surface area contributed by atoms with Crippen LogP contribution in [0, 0.1) is 0 Å². The zero-order chi connectivity index (χ0) is 16.4. The lowest BCUT2D eigenvalue weighted by Crippen LogP contribution is -2.34. The van der Waals surface area contributed by atoms with E-state index in [1.54, 1.807) is 25.2 Å². The Bertz CT molecular complexity index is 797. The molecule has 0 atom stereocenters.